The van der Waals surface area contributed by atoms with E-state index in [1.54, 1.807) is 26.1 Å². The molecule has 0 saturated carbocycles. The molecule has 1 amide bonds. The van der Waals surface area contributed by atoms with Gasteiger partial charge >= 0.3 is 0 Å². The van der Waals surface area contributed by atoms with Crippen LogP contribution in [-0.2, 0) is 9.53 Å². The second-order valence-electron chi connectivity index (χ2n) is 5.24. The minimum Gasteiger partial charge on any atom is -0.385 e. The summed E-state index contributed by atoms with van der Waals surface area (Å²) >= 11 is 0. The number of ether oxygens (including phenoxy) is 1. The van der Waals surface area contributed by atoms with Crippen molar-refractivity contribution in [2.45, 2.75) is 33.2 Å². The van der Waals surface area contributed by atoms with E-state index in [1.165, 1.54) is 0 Å². The van der Waals surface area contributed by atoms with Gasteiger partial charge in [0.05, 0.1) is 6.04 Å². The molecule has 0 saturated heterocycles. The average molecular weight is 230 g/mol. The van der Waals surface area contributed by atoms with Gasteiger partial charge in [0.15, 0.2) is 0 Å². The number of nitrogens with zero attached hydrogens (tertiary/aromatic N) is 1. The number of likely N-dealkylation sites (N-methyl/N-ethyl adjacent to an activating group) is 1. The molecule has 0 fully saturated rings. The molecule has 4 heteroatoms. The van der Waals surface area contributed by atoms with Gasteiger partial charge in [-0.25, -0.2) is 0 Å². The lowest BCUT2D eigenvalue weighted by Gasteiger charge is -2.27. The van der Waals surface area contributed by atoms with E-state index < -0.39 is 0 Å². The normalized spacial score (nSPS) is 13.6. The van der Waals surface area contributed by atoms with E-state index in [1.807, 2.05) is 6.92 Å². The molecule has 0 aromatic heterocycles. The van der Waals surface area contributed by atoms with E-state index in [2.05, 4.69) is 19.2 Å². The number of methoxy groups -OCH3 is 1. The maximum atomic E-state index is 11.6. The molecule has 0 aliphatic heterocycles. The van der Waals surface area contributed by atoms with Crippen LogP contribution in [0.1, 0.15) is 27.2 Å². The van der Waals surface area contributed by atoms with Crippen LogP contribution in [0.4, 0.5) is 0 Å². The Hall–Kier alpha value is -0.610. The molecule has 96 valence electrons. The lowest BCUT2D eigenvalue weighted by atomic mass is 9.89. The number of amides is 1. The van der Waals surface area contributed by atoms with Crippen molar-refractivity contribution in [1.29, 1.82) is 0 Å². The smallest absolute Gasteiger partial charge is 0.238 e. The molecule has 0 aromatic carbocycles. The first-order valence-corrected chi connectivity index (χ1v) is 5.73. The van der Waals surface area contributed by atoms with Crippen LogP contribution in [0.5, 0.6) is 0 Å². The van der Waals surface area contributed by atoms with E-state index in [-0.39, 0.29) is 17.4 Å². The van der Waals surface area contributed by atoms with Gasteiger partial charge in [0, 0.05) is 34.4 Å². The molecule has 1 atom stereocenters. The second kappa shape index (κ2) is 6.86. The minimum atomic E-state index is -0.128. The topological polar surface area (TPSA) is 41.6 Å². The second-order valence-corrected chi connectivity index (χ2v) is 5.24. The Morgan fingerprint density at radius 3 is 2.44 bits per heavy atom. The molecule has 4 nitrogen and oxygen atoms in total. The van der Waals surface area contributed by atoms with Crippen molar-refractivity contribution in [2.75, 3.05) is 34.4 Å². The van der Waals surface area contributed by atoms with Crippen LogP contribution in [0.15, 0.2) is 0 Å². The Bertz CT molecular complexity index is 215. The maximum absolute atomic E-state index is 11.6. The number of carbonyl (C=O) groups excluding carboxylic acids is 1. The van der Waals surface area contributed by atoms with Gasteiger partial charge in [-0.3, -0.25) is 4.79 Å². The van der Waals surface area contributed by atoms with Crippen LogP contribution in [0.3, 0.4) is 0 Å². The molecule has 1 unspecified atom stereocenters. The Morgan fingerprint density at radius 2 is 2.00 bits per heavy atom. The van der Waals surface area contributed by atoms with E-state index >= 15 is 0 Å². The van der Waals surface area contributed by atoms with Crippen molar-refractivity contribution in [3.8, 4) is 0 Å². The van der Waals surface area contributed by atoms with Crippen molar-refractivity contribution in [1.82, 2.24) is 10.2 Å². The largest absolute Gasteiger partial charge is 0.385 e. The van der Waals surface area contributed by atoms with Crippen molar-refractivity contribution in [2.24, 2.45) is 5.41 Å². The third-order valence-electron chi connectivity index (χ3n) is 2.68. The number of hydrogen-bond acceptors (Lipinski definition) is 3. The Morgan fingerprint density at radius 1 is 1.44 bits per heavy atom. The first kappa shape index (κ1) is 15.4. The van der Waals surface area contributed by atoms with E-state index in [4.69, 9.17) is 4.74 Å². The lowest BCUT2D eigenvalue weighted by molar-refractivity contribution is -0.130. The summed E-state index contributed by atoms with van der Waals surface area (Å²) in [6.45, 7) is 7.81. The quantitative estimate of drug-likeness (QED) is 0.712. The van der Waals surface area contributed by atoms with Crippen LogP contribution in [0.2, 0.25) is 0 Å². The van der Waals surface area contributed by atoms with Crippen molar-refractivity contribution >= 4 is 5.91 Å². The Balaban J connectivity index is 3.98. The zero-order chi connectivity index (χ0) is 12.8. The summed E-state index contributed by atoms with van der Waals surface area (Å²) in [5, 5.41) is 3.27. The van der Waals surface area contributed by atoms with E-state index in [0.29, 0.717) is 0 Å². The predicted octanol–water partition coefficient (Wildman–Crippen LogP) is 1.12. The van der Waals surface area contributed by atoms with Crippen molar-refractivity contribution < 1.29 is 9.53 Å². The minimum absolute atomic E-state index is 0.113. The third kappa shape index (κ3) is 6.08. The third-order valence-corrected chi connectivity index (χ3v) is 2.68. The first-order valence-electron chi connectivity index (χ1n) is 5.73. The standard InChI is InChI=1S/C12H26N2O2/c1-10(11(15)14(4)5)13-9-12(2,3)7-8-16-6/h10,13H,7-9H2,1-6H3. The number of nitrogens with one attached hydrogen (secondary N) is 1. The maximum Gasteiger partial charge on any atom is 0.238 e. The van der Waals surface area contributed by atoms with Crippen LogP contribution in [0.25, 0.3) is 0 Å². The predicted molar refractivity (Wildman–Crippen MR) is 66.4 cm³/mol. The SMILES string of the molecule is COCCC(C)(C)CNC(C)C(=O)N(C)C. The molecule has 1 N–H and O–H groups in total. The summed E-state index contributed by atoms with van der Waals surface area (Å²) in [6, 6.07) is -0.128. The van der Waals surface area contributed by atoms with Crippen LogP contribution in [-0.4, -0.2) is 51.2 Å². The average Bonchev–Trinajstić information content (AvgIpc) is 2.22. The molecule has 0 aromatic rings. The van der Waals surface area contributed by atoms with Gasteiger partial charge in [0.25, 0.3) is 0 Å². The highest BCUT2D eigenvalue weighted by molar-refractivity contribution is 5.80. The summed E-state index contributed by atoms with van der Waals surface area (Å²) in [5.41, 5.74) is 0.150. The molecule has 0 aliphatic carbocycles. The molecule has 0 aliphatic rings. The number of carbonyl (C=O) groups is 1. The van der Waals surface area contributed by atoms with Gasteiger partial charge in [0.1, 0.15) is 0 Å². The van der Waals surface area contributed by atoms with Crippen LogP contribution < -0.4 is 5.32 Å². The fourth-order valence-corrected chi connectivity index (χ4v) is 1.37. The van der Waals surface area contributed by atoms with Gasteiger partial charge in [-0.2, -0.15) is 0 Å². The fraction of sp³-hybridized carbons (Fsp3) is 0.917. The zero-order valence-corrected chi connectivity index (χ0v) is 11.5. The summed E-state index contributed by atoms with van der Waals surface area (Å²) < 4.78 is 5.07. The monoisotopic (exact) mass is 230 g/mol. The molecular weight excluding hydrogens is 204 g/mol. The molecule has 0 heterocycles. The van der Waals surface area contributed by atoms with Gasteiger partial charge in [-0.15, -0.1) is 0 Å². The molecule has 0 radical (unpaired) electrons. The molecule has 0 rings (SSSR count). The van der Waals surface area contributed by atoms with Gasteiger partial charge in [-0.05, 0) is 18.8 Å². The highest BCUT2D eigenvalue weighted by atomic mass is 16.5. The van der Waals surface area contributed by atoms with Gasteiger partial charge < -0.3 is 15.0 Å². The first-order chi connectivity index (χ1) is 7.30. The van der Waals surface area contributed by atoms with Gasteiger partial charge in [0.2, 0.25) is 5.91 Å². The van der Waals surface area contributed by atoms with Crippen molar-refractivity contribution in [3.63, 3.8) is 0 Å². The molecule has 0 bridgehead atoms. The van der Waals surface area contributed by atoms with Crippen LogP contribution in [0, 0.1) is 5.41 Å². The van der Waals surface area contributed by atoms with Crippen molar-refractivity contribution in [3.05, 3.63) is 0 Å². The highest BCUT2D eigenvalue weighted by Gasteiger charge is 2.21. The molecule has 0 spiro atoms. The zero-order valence-electron chi connectivity index (χ0n) is 11.5. The summed E-state index contributed by atoms with van der Waals surface area (Å²) in [7, 11) is 5.26. The summed E-state index contributed by atoms with van der Waals surface area (Å²) in [6.07, 6.45) is 0.985. The van der Waals surface area contributed by atoms with E-state index in [0.717, 1.165) is 19.6 Å². The Kier molecular flexibility index (Phi) is 6.60. The summed E-state index contributed by atoms with van der Waals surface area (Å²) in [4.78, 5) is 13.2. The molecular formula is C12H26N2O2. The molecule has 16 heavy (non-hydrogen) atoms. The van der Waals surface area contributed by atoms with Gasteiger partial charge in [-0.1, -0.05) is 13.8 Å². The Labute approximate surface area is 99.3 Å². The van der Waals surface area contributed by atoms with E-state index in [9.17, 15) is 4.79 Å². The summed E-state index contributed by atoms with van der Waals surface area (Å²) in [5.74, 6) is 0.113. The van der Waals surface area contributed by atoms with Crippen LogP contribution >= 0.6 is 0 Å². The lowest BCUT2D eigenvalue weighted by Crippen LogP contribution is -2.45. The number of hydrogen-bond donors (Lipinski definition) is 1. The number of rotatable bonds is 7. The fourth-order valence-electron chi connectivity index (χ4n) is 1.37. The highest BCUT2D eigenvalue weighted by Crippen LogP contribution is 2.18.